The predicted octanol–water partition coefficient (Wildman–Crippen LogP) is 2.34. The highest BCUT2D eigenvalue weighted by Gasteiger charge is 2.31. The van der Waals surface area contributed by atoms with Gasteiger partial charge < -0.3 is 9.47 Å². The maximum absolute atomic E-state index is 8.78. The molecule has 0 unspecified atom stereocenters. The Morgan fingerprint density at radius 2 is 2.25 bits per heavy atom. The maximum atomic E-state index is 8.78. The van der Waals surface area contributed by atoms with E-state index in [4.69, 9.17) is 14.7 Å². The van der Waals surface area contributed by atoms with Crippen molar-refractivity contribution in [1.82, 2.24) is 0 Å². The molecule has 0 bridgehead atoms. The molecule has 16 heavy (non-hydrogen) atoms. The van der Waals surface area contributed by atoms with Crippen molar-refractivity contribution in [2.75, 3.05) is 20.3 Å². The first-order chi connectivity index (χ1) is 7.86. The quantitative estimate of drug-likeness (QED) is 0.780. The third-order valence-corrected chi connectivity index (χ3v) is 3.09. The monoisotopic (exact) mass is 217 g/mol. The smallest absolute Gasteiger partial charge is 0.122 e. The van der Waals surface area contributed by atoms with Crippen LogP contribution in [0, 0.1) is 17.2 Å². The lowest BCUT2D eigenvalue weighted by molar-refractivity contribution is 0.184. The molecule has 1 fully saturated rings. The average molecular weight is 217 g/mol. The Balaban J connectivity index is 2.26. The zero-order valence-electron chi connectivity index (χ0n) is 9.35. The van der Waals surface area contributed by atoms with E-state index in [0.29, 0.717) is 25.6 Å². The number of hydrogen-bond acceptors (Lipinski definition) is 3. The lowest BCUT2D eigenvalue weighted by Crippen LogP contribution is -2.11. The van der Waals surface area contributed by atoms with E-state index in [1.165, 1.54) is 0 Å². The number of nitrogens with zero attached hydrogens (tertiary/aromatic N) is 1. The van der Waals surface area contributed by atoms with Crippen molar-refractivity contribution in [2.24, 2.45) is 5.92 Å². The minimum absolute atomic E-state index is 0.288. The van der Waals surface area contributed by atoms with Crippen LogP contribution in [0.25, 0.3) is 0 Å². The number of rotatable bonds is 3. The maximum Gasteiger partial charge on any atom is 0.122 e. The molecule has 0 radical (unpaired) electrons. The molecule has 1 aliphatic heterocycles. The van der Waals surface area contributed by atoms with Gasteiger partial charge in [-0.1, -0.05) is 18.2 Å². The number of hydrogen-bond donors (Lipinski definition) is 0. The first kappa shape index (κ1) is 11.0. The molecule has 0 amide bonds. The van der Waals surface area contributed by atoms with E-state index in [9.17, 15) is 0 Å². The molecule has 1 aromatic carbocycles. The molecule has 0 aromatic heterocycles. The van der Waals surface area contributed by atoms with Gasteiger partial charge in [0, 0.05) is 18.3 Å². The lowest BCUT2D eigenvalue weighted by atomic mass is 9.86. The number of methoxy groups -OCH3 is 1. The van der Waals surface area contributed by atoms with Crippen LogP contribution in [0.3, 0.4) is 0 Å². The highest BCUT2D eigenvalue weighted by Crippen LogP contribution is 2.37. The van der Waals surface area contributed by atoms with Gasteiger partial charge in [-0.05, 0) is 11.6 Å². The summed E-state index contributed by atoms with van der Waals surface area (Å²) in [5, 5.41) is 8.78. The summed E-state index contributed by atoms with van der Waals surface area (Å²) in [5.74, 6) is 1.47. The van der Waals surface area contributed by atoms with E-state index in [1.807, 2.05) is 18.2 Å². The largest absolute Gasteiger partial charge is 0.496 e. The average Bonchev–Trinajstić information content (AvgIpc) is 2.77. The Morgan fingerprint density at radius 3 is 3.00 bits per heavy atom. The van der Waals surface area contributed by atoms with Gasteiger partial charge in [-0.3, -0.25) is 0 Å². The van der Waals surface area contributed by atoms with E-state index in [0.717, 1.165) is 11.3 Å². The van der Waals surface area contributed by atoms with E-state index < -0.39 is 0 Å². The summed E-state index contributed by atoms with van der Waals surface area (Å²) in [5.41, 5.74) is 1.16. The third-order valence-electron chi connectivity index (χ3n) is 3.09. The zero-order valence-corrected chi connectivity index (χ0v) is 9.35. The second-order valence-corrected chi connectivity index (χ2v) is 4.01. The Labute approximate surface area is 95.6 Å². The fraction of sp³-hybridized carbons (Fsp3) is 0.462. The van der Waals surface area contributed by atoms with E-state index in [-0.39, 0.29) is 5.92 Å². The van der Waals surface area contributed by atoms with Gasteiger partial charge in [-0.25, -0.2) is 0 Å². The van der Waals surface area contributed by atoms with Gasteiger partial charge in [0.1, 0.15) is 5.75 Å². The second kappa shape index (κ2) is 5.00. The Hall–Kier alpha value is -1.53. The van der Waals surface area contributed by atoms with Crippen molar-refractivity contribution >= 4 is 0 Å². The summed E-state index contributed by atoms with van der Waals surface area (Å²) >= 11 is 0. The van der Waals surface area contributed by atoms with Gasteiger partial charge in [0.2, 0.25) is 0 Å². The van der Waals surface area contributed by atoms with Crippen LogP contribution in [-0.2, 0) is 4.74 Å². The topological polar surface area (TPSA) is 42.2 Å². The number of nitriles is 1. The van der Waals surface area contributed by atoms with Crippen LogP contribution in [0.1, 0.15) is 17.9 Å². The van der Waals surface area contributed by atoms with Crippen molar-refractivity contribution in [3.63, 3.8) is 0 Å². The summed E-state index contributed by atoms with van der Waals surface area (Å²) in [6.07, 6.45) is 0.544. The first-order valence-electron chi connectivity index (χ1n) is 5.44. The summed E-state index contributed by atoms with van der Waals surface area (Å²) in [6.45, 7) is 1.36. The van der Waals surface area contributed by atoms with Gasteiger partial charge in [-0.15, -0.1) is 0 Å². The highest BCUT2D eigenvalue weighted by atomic mass is 16.5. The van der Waals surface area contributed by atoms with Crippen molar-refractivity contribution in [3.05, 3.63) is 29.8 Å². The molecule has 1 aliphatic rings. The summed E-state index contributed by atoms with van der Waals surface area (Å²) < 4.78 is 10.8. The van der Waals surface area contributed by atoms with Gasteiger partial charge >= 0.3 is 0 Å². The van der Waals surface area contributed by atoms with Crippen molar-refractivity contribution in [1.29, 1.82) is 5.26 Å². The SMILES string of the molecule is COc1ccccc1[C@@H]1COC[C@@H]1CC#N. The van der Waals surface area contributed by atoms with Crippen LogP contribution in [0.5, 0.6) is 5.75 Å². The zero-order chi connectivity index (χ0) is 11.4. The molecule has 2 atom stereocenters. The van der Waals surface area contributed by atoms with Crippen LogP contribution in [0.2, 0.25) is 0 Å². The van der Waals surface area contributed by atoms with Gasteiger partial charge in [0.25, 0.3) is 0 Å². The molecular formula is C13H15NO2. The second-order valence-electron chi connectivity index (χ2n) is 4.01. The van der Waals surface area contributed by atoms with E-state index in [2.05, 4.69) is 12.1 Å². The molecule has 0 saturated carbocycles. The minimum Gasteiger partial charge on any atom is -0.496 e. The third kappa shape index (κ3) is 2.02. The minimum atomic E-state index is 0.288. The van der Waals surface area contributed by atoms with Crippen LogP contribution in [-0.4, -0.2) is 20.3 Å². The molecule has 0 aliphatic carbocycles. The summed E-state index contributed by atoms with van der Waals surface area (Å²) in [7, 11) is 1.67. The van der Waals surface area contributed by atoms with Crippen LogP contribution in [0.4, 0.5) is 0 Å². The van der Waals surface area contributed by atoms with Crippen molar-refractivity contribution < 1.29 is 9.47 Å². The summed E-state index contributed by atoms with van der Waals surface area (Å²) in [4.78, 5) is 0. The molecule has 2 rings (SSSR count). The molecule has 84 valence electrons. The number of benzene rings is 1. The molecule has 1 heterocycles. The van der Waals surface area contributed by atoms with Crippen molar-refractivity contribution in [3.8, 4) is 11.8 Å². The predicted molar refractivity (Wildman–Crippen MR) is 60.3 cm³/mol. The first-order valence-corrected chi connectivity index (χ1v) is 5.44. The van der Waals surface area contributed by atoms with Gasteiger partial charge in [0.05, 0.1) is 26.4 Å². The number of para-hydroxylation sites is 1. The highest BCUT2D eigenvalue weighted by molar-refractivity contribution is 5.37. The van der Waals surface area contributed by atoms with E-state index in [1.54, 1.807) is 7.11 Å². The van der Waals surface area contributed by atoms with Crippen LogP contribution < -0.4 is 4.74 Å². The van der Waals surface area contributed by atoms with Crippen LogP contribution >= 0.6 is 0 Å². The summed E-state index contributed by atoms with van der Waals surface area (Å²) in [6, 6.07) is 10.2. The fourth-order valence-electron chi connectivity index (χ4n) is 2.23. The molecule has 3 nitrogen and oxygen atoms in total. The number of ether oxygens (including phenoxy) is 2. The fourth-order valence-corrected chi connectivity index (χ4v) is 2.23. The molecule has 0 spiro atoms. The van der Waals surface area contributed by atoms with E-state index >= 15 is 0 Å². The molecule has 1 aromatic rings. The Morgan fingerprint density at radius 1 is 1.44 bits per heavy atom. The molecular weight excluding hydrogens is 202 g/mol. The van der Waals surface area contributed by atoms with Crippen LogP contribution in [0.15, 0.2) is 24.3 Å². The van der Waals surface area contributed by atoms with Crippen molar-refractivity contribution in [2.45, 2.75) is 12.3 Å². The van der Waals surface area contributed by atoms with Gasteiger partial charge in [-0.2, -0.15) is 5.26 Å². The Kier molecular flexibility index (Phi) is 3.43. The Bertz CT molecular complexity index is 397. The standard InChI is InChI=1S/C13H15NO2/c1-15-13-5-3-2-4-11(13)12-9-16-8-10(12)6-7-14/h2-5,10,12H,6,8-9H2,1H3/t10-,12+/m0/s1. The lowest BCUT2D eigenvalue weighted by Gasteiger charge is -2.17. The molecule has 0 N–H and O–H groups in total. The van der Waals surface area contributed by atoms with Gasteiger partial charge in [0.15, 0.2) is 0 Å². The normalized spacial score (nSPS) is 24.0. The molecule has 3 heteroatoms. The molecule has 1 saturated heterocycles.